The lowest BCUT2D eigenvalue weighted by Crippen LogP contribution is -2.36. The van der Waals surface area contributed by atoms with Crippen LogP contribution in [0.4, 0.5) is 0 Å². The lowest BCUT2D eigenvalue weighted by atomic mass is 9.94. The van der Waals surface area contributed by atoms with Crippen LogP contribution in [0.5, 0.6) is 5.88 Å². The molecule has 144 valence electrons. The van der Waals surface area contributed by atoms with E-state index in [0.29, 0.717) is 0 Å². The number of aromatic hydroxyl groups is 1. The first kappa shape index (κ1) is 18.4. The summed E-state index contributed by atoms with van der Waals surface area (Å²) in [5.41, 5.74) is 2.57. The second-order valence-electron chi connectivity index (χ2n) is 7.58. The zero-order valence-corrected chi connectivity index (χ0v) is 17.2. The van der Waals surface area contributed by atoms with Crippen molar-refractivity contribution in [1.29, 1.82) is 0 Å². The highest BCUT2D eigenvalue weighted by atomic mass is 32.1. The van der Waals surface area contributed by atoms with Crippen molar-refractivity contribution >= 4 is 16.3 Å². The summed E-state index contributed by atoms with van der Waals surface area (Å²) in [4.78, 5) is 8.80. The Morgan fingerprint density at radius 3 is 2.44 bits per heavy atom. The van der Waals surface area contributed by atoms with Gasteiger partial charge in [-0.15, -0.1) is 5.10 Å². The molecule has 1 aliphatic rings. The molecule has 0 amide bonds. The molecule has 0 spiro atoms. The first-order valence-corrected chi connectivity index (χ1v) is 10.8. The average Bonchev–Trinajstić information content (AvgIpc) is 3.23. The van der Waals surface area contributed by atoms with Gasteiger partial charge in [-0.3, -0.25) is 4.90 Å². The summed E-state index contributed by atoms with van der Waals surface area (Å²) < 4.78 is 1.61. The smallest absolute Gasteiger partial charge is 0.230 e. The van der Waals surface area contributed by atoms with E-state index in [1.165, 1.54) is 24.0 Å². The Bertz CT molecular complexity index is 906. The molecule has 1 fully saturated rings. The Morgan fingerprint density at radius 1 is 1.15 bits per heavy atom. The third kappa shape index (κ3) is 3.48. The van der Waals surface area contributed by atoms with Crippen LogP contribution in [0.1, 0.15) is 61.5 Å². The van der Waals surface area contributed by atoms with E-state index < -0.39 is 0 Å². The van der Waals surface area contributed by atoms with Crippen molar-refractivity contribution in [2.75, 3.05) is 13.1 Å². The van der Waals surface area contributed by atoms with E-state index in [1.807, 2.05) is 6.92 Å². The number of nitrogens with zero attached hydrogens (tertiary/aromatic N) is 4. The molecule has 1 aliphatic heterocycles. The van der Waals surface area contributed by atoms with Gasteiger partial charge in [0.1, 0.15) is 0 Å². The average molecular weight is 385 g/mol. The van der Waals surface area contributed by atoms with Crippen molar-refractivity contribution in [3.8, 4) is 5.88 Å². The van der Waals surface area contributed by atoms with Gasteiger partial charge in [0.15, 0.2) is 5.82 Å². The summed E-state index contributed by atoms with van der Waals surface area (Å²) in [6.45, 7) is 8.64. The quantitative estimate of drug-likeness (QED) is 0.706. The Labute approximate surface area is 164 Å². The molecule has 27 heavy (non-hydrogen) atoms. The molecule has 3 heterocycles. The molecule has 5 nitrogen and oxygen atoms in total. The van der Waals surface area contributed by atoms with E-state index in [0.717, 1.165) is 47.5 Å². The predicted octanol–water partition coefficient (Wildman–Crippen LogP) is 4.44. The number of hydrogen-bond donors (Lipinski definition) is 1. The van der Waals surface area contributed by atoms with Crippen LogP contribution >= 0.6 is 11.3 Å². The topological polar surface area (TPSA) is 53.7 Å². The van der Waals surface area contributed by atoms with Gasteiger partial charge >= 0.3 is 0 Å². The Morgan fingerprint density at radius 2 is 1.85 bits per heavy atom. The molecule has 0 radical (unpaired) electrons. The Kier molecular flexibility index (Phi) is 5.19. The maximum Gasteiger partial charge on any atom is 0.230 e. The van der Waals surface area contributed by atoms with Gasteiger partial charge in [0.05, 0.1) is 10.9 Å². The second kappa shape index (κ2) is 7.60. The van der Waals surface area contributed by atoms with Gasteiger partial charge < -0.3 is 5.11 Å². The molecule has 3 aromatic rings. The van der Waals surface area contributed by atoms with Crippen LogP contribution < -0.4 is 0 Å². The molecule has 6 heteroatoms. The summed E-state index contributed by atoms with van der Waals surface area (Å²) in [5.74, 6) is 1.79. The number of piperidine rings is 1. The molecule has 0 aliphatic carbocycles. The number of aryl methyl sites for hydroxylation is 2. The third-order valence-corrected chi connectivity index (χ3v) is 6.77. The van der Waals surface area contributed by atoms with Crippen LogP contribution in [0.15, 0.2) is 24.3 Å². The van der Waals surface area contributed by atoms with E-state index in [1.54, 1.807) is 15.9 Å². The van der Waals surface area contributed by atoms with E-state index in [9.17, 15) is 5.11 Å². The molecule has 1 atom stereocenters. The fourth-order valence-corrected chi connectivity index (χ4v) is 5.00. The van der Waals surface area contributed by atoms with Gasteiger partial charge in [-0.25, -0.2) is 4.98 Å². The number of likely N-dealkylation sites (tertiary alicyclic amines) is 1. The van der Waals surface area contributed by atoms with Crippen LogP contribution in [0.25, 0.3) is 4.96 Å². The normalized spacial score (nSPS) is 17.6. The number of hydrogen-bond acceptors (Lipinski definition) is 5. The molecular formula is C21H28N4OS. The SMILES string of the molecule is CCc1ccc([C@@H](c2sc3nc(CC)nn3c2O)N2CCC(C)CC2)cc1. The van der Waals surface area contributed by atoms with Gasteiger partial charge in [-0.05, 0) is 49.4 Å². The highest BCUT2D eigenvalue weighted by Gasteiger charge is 2.31. The summed E-state index contributed by atoms with van der Waals surface area (Å²) in [6, 6.07) is 8.90. The van der Waals surface area contributed by atoms with Crippen molar-refractivity contribution in [3.05, 3.63) is 46.1 Å². The van der Waals surface area contributed by atoms with Crippen LogP contribution in [0.3, 0.4) is 0 Å². The lowest BCUT2D eigenvalue weighted by Gasteiger charge is -2.36. The van der Waals surface area contributed by atoms with Crippen molar-refractivity contribution in [3.63, 3.8) is 0 Å². The van der Waals surface area contributed by atoms with Crippen LogP contribution in [-0.4, -0.2) is 37.7 Å². The minimum atomic E-state index is 0.0574. The molecule has 1 N–H and O–H groups in total. The molecule has 0 saturated carbocycles. The van der Waals surface area contributed by atoms with Gasteiger partial charge in [0.2, 0.25) is 10.8 Å². The first-order valence-electron chi connectivity index (χ1n) is 10.0. The summed E-state index contributed by atoms with van der Waals surface area (Å²) in [7, 11) is 0. The largest absolute Gasteiger partial charge is 0.492 e. The summed E-state index contributed by atoms with van der Waals surface area (Å²) in [5, 5.41) is 15.4. The van der Waals surface area contributed by atoms with E-state index in [2.05, 4.69) is 53.1 Å². The number of fused-ring (bicyclic) bond motifs is 1. The maximum absolute atomic E-state index is 11.0. The van der Waals surface area contributed by atoms with Crippen molar-refractivity contribution in [2.24, 2.45) is 5.92 Å². The van der Waals surface area contributed by atoms with Crippen LogP contribution in [0.2, 0.25) is 0 Å². The lowest BCUT2D eigenvalue weighted by molar-refractivity contribution is 0.157. The van der Waals surface area contributed by atoms with E-state index >= 15 is 0 Å². The number of thiazole rings is 1. The van der Waals surface area contributed by atoms with Crippen molar-refractivity contribution in [1.82, 2.24) is 19.5 Å². The van der Waals surface area contributed by atoms with Gasteiger partial charge in [-0.1, -0.05) is 56.4 Å². The Hall–Kier alpha value is -1.92. The standard InChI is InChI=1S/C21H28N4OS/c1-4-15-6-8-16(9-7-15)18(24-12-10-14(3)11-13-24)19-20(26)25-21(27-19)22-17(5-2)23-25/h6-9,14,18,26H,4-5,10-13H2,1-3H3/t18-/m0/s1. The Balaban J connectivity index is 1.77. The molecule has 0 bridgehead atoms. The predicted molar refractivity (Wildman–Crippen MR) is 110 cm³/mol. The number of aromatic nitrogens is 3. The van der Waals surface area contributed by atoms with Gasteiger partial charge in [0.25, 0.3) is 0 Å². The third-order valence-electron chi connectivity index (χ3n) is 5.70. The monoisotopic (exact) mass is 384 g/mol. The molecule has 2 aromatic heterocycles. The zero-order valence-electron chi connectivity index (χ0n) is 16.4. The van der Waals surface area contributed by atoms with Crippen molar-refractivity contribution in [2.45, 2.75) is 52.5 Å². The molecular weight excluding hydrogens is 356 g/mol. The minimum absolute atomic E-state index is 0.0574. The highest BCUT2D eigenvalue weighted by Crippen LogP contribution is 2.41. The van der Waals surface area contributed by atoms with E-state index in [-0.39, 0.29) is 11.9 Å². The van der Waals surface area contributed by atoms with Gasteiger partial charge in [0, 0.05) is 6.42 Å². The minimum Gasteiger partial charge on any atom is -0.492 e. The molecule has 1 aromatic carbocycles. The fraction of sp³-hybridized carbons (Fsp3) is 0.524. The van der Waals surface area contributed by atoms with E-state index in [4.69, 9.17) is 0 Å². The zero-order chi connectivity index (χ0) is 19.0. The summed E-state index contributed by atoms with van der Waals surface area (Å²) in [6.07, 6.45) is 4.21. The highest BCUT2D eigenvalue weighted by molar-refractivity contribution is 7.17. The fourth-order valence-electron chi connectivity index (χ4n) is 3.87. The van der Waals surface area contributed by atoms with Crippen LogP contribution in [0, 0.1) is 5.92 Å². The molecule has 0 unspecified atom stereocenters. The second-order valence-corrected chi connectivity index (χ2v) is 8.59. The molecule has 4 rings (SSSR count). The number of rotatable bonds is 5. The summed E-state index contributed by atoms with van der Waals surface area (Å²) >= 11 is 1.57. The first-order chi connectivity index (χ1) is 13.1. The van der Waals surface area contributed by atoms with Gasteiger partial charge in [-0.2, -0.15) is 4.52 Å². The van der Waals surface area contributed by atoms with Crippen molar-refractivity contribution < 1.29 is 5.11 Å². The van der Waals surface area contributed by atoms with Crippen LogP contribution in [-0.2, 0) is 12.8 Å². The molecule has 1 saturated heterocycles. The number of benzene rings is 1. The maximum atomic E-state index is 11.0.